The highest BCUT2D eigenvalue weighted by molar-refractivity contribution is 5.79. The fourth-order valence-corrected chi connectivity index (χ4v) is 3.68. The first-order valence-corrected chi connectivity index (χ1v) is 10.1. The number of aliphatic hydroxyl groups excluding tert-OH is 1. The summed E-state index contributed by atoms with van der Waals surface area (Å²) in [5.74, 6) is 0.830. The lowest BCUT2D eigenvalue weighted by Crippen LogP contribution is -2.53. The predicted molar refractivity (Wildman–Crippen MR) is 104 cm³/mol. The zero-order valence-electron chi connectivity index (χ0n) is 16.4. The van der Waals surface area contributed by atoms with E-state index in [1.807, 2.05) is 24.3 Å². The van der Waals surface area contributed by atoms with Gasteiger partial charge in [0, 0.05) is 12.5 Å². The van der Waals surface area contributed by atoms with Crippen LogP contribution in [0.5, 0.6) is 5.75 Å². The molecule has 0 spiro atoms. The molecule has 1 saturated carbocycles. The van der Waals surface area contributed by atoms with E-state index in [4.69, 9.17) is 9.47 Å². The molecule has 7 nitrogen and oxygen atoms in total. The number of carbonyl (C=O) groups excluding carboxylic acids is 2. The summed E-state index contributed by atoms with van der Waals surface area (Å²) in [5, 5.41) is 15.6. The van der Waals surface area contributed by atoms with Crippen molar-refractivity contribution in [2.75, 3.05) is 13.7 Å². The minimum absolute atomic E-state index is 0.0628. The Morgan fingerprint density at radius 3 is 2.75 bits per heavy atom. The second kappa shape index (κ2) is 9.89. The second-order valence-corrected chi connectivity index (χ2v) is 7.63. The summed E-state index contributed by atoms with van der Waals surface area (Å²) in [5.41, 5.74) is 0.962. The van der Waals surface area contributed by atoms with Gasteiger partial charge in [0.1, 0.15) is 11.9 Å². The summed E-state index contributed by atoms with van der Waals surface area (Å²) in [6.07, 6.45) is 3.90. The lowest BCUT2D eigenvalue weighted by molar-refractivity contribution is -0.138. The largest absolute Gasteiger partial charge is 0.497 e. The molecule has 3 atom stereocenters. The molecule has 28 heavy (non-hydrogen) atoms. The van der Waals surface area contributed by atoms with E-state index in [0.717, 1.165) is 30.6 Å². The Hall–Kier alpha value is -2.12. The Kier molecular flexibility index (Phi) is 7.28. The molecule has 3 N–H and O–H groups in total. The van der Waals surface area contributed by atoms with E-state index in [-0.39, 0.29) is 42.9 Å². The van der Waals surface area contributed by atoms with Gasteiger partial charge in [-0.25, -0.2) is 0 Å². The molecule has 0 radical (unpaired) electrons. The number of hydrogen-bond acceptors (Lipinski definition) is 5. The molecule has 1 aromatic carbocycles. The van der Waals surface area contributed by atoms with Gasteiger partial charge in [-0.15, -0.1) is 0 Å². The normalized spacial score (nSPS) is 24.9. The Bertz CT molecular complexity index is 677. The molecule has 2 fully saturated rings. The van der Waals surface area contributed by atoms with Gasteiger partial charge in [0.2, 0.25) is 11.8 Å². The summed E-state index contributed by atoms with van der Waals surface area (Å²) in [7, 11) is 1.61. The molecule has 0 unspecified atom stereocenters. The van der Waals surface area contributed by atoms with Crippen molar-refractivity contribution in [3.05, 3.63) is 29.8 Å². The van der Waals surface area contributed by atoms with Gasteiger partial charge in [0.25, 0.3) is 0 Å². The molecule has 2 amide bonds. The minimum Gasteiger partial charge on any atom is -0.497 e. The third-order valence-electron chi connectivity index (χ3n) is 5.64. The first kappa shape index (κ1) is 20.6. The highest BCUT2D eigenvalue weighted by atomic mass is 16.5. The van der Waals surface area contributed by atoms with Crippen molar-refractivity contribution in [3.63, 3.8) is 0 Å². The molecule has 0 aromatic heterocycles. The van der Waals surface area contributed by atoms with Crippen LogP contribution in [0.1, 0.15) is 44.1 Å². The number of methoxy groups -OCH3 is 1. The molecule has 1 aromatic rings. The maximum absolute atomic E-state index is 12.3. The summed E-state index contributed by atoms with van der Waals surface area (Å²) in [6.45, 7) is 0.254. The number of aliphatic hydroxyl groups is 1. The first-order valence-electron chi connectivity index (χ1n) is 10.1. The van der Waals surface area contributed by atoms with Crippen molar-refractivity contribution in [1.29, 1.82) is 0 Å². The monoisotopic (exact) mass is 390 g/mol. The zero-order valence-corrected chi connectivity index (χ0v) is 16.4. The Labute approximate surface area is 165 Å². The number of ether oxygens (including phenoxy) is 2. The van der Waals surface area contributed by atoms with Gasteiger partial charge in [0.05, 0.1) is 32.3 Å². The Morgan fingerprint density at radius 1 is 1.25 bits per heavy atom. The Balaban J connectivity index is 1.43. The summed E-state index contributed by atoms with van der Waals surface area (Å²) >= 11 is 0. The molecule has 2 aliphatic rings. The van der Waals surface area contributed by atoms with Crippen LogP contribution < -0.4 is 15.4 Å². The van der Waals surface area contributed by atoms with Crippen molar-refractivity contribution in [2.24, 2.45) is 5.92 Å². The number of benzene rings is 1. The van der Waals surface area contributed by atoms with Gasteiger partial charge in [-0.05, 0) is 43.4 Å². The topological polar surface area (TPSA) is 96.9 Å². The number of rotatable bonds is 8. The minimum atomic E-state index is -0.464. The SMILES string of the molecule is COc1cccc(CNC(=O)C[C@@H]2CC[C@@H](NC(=O)C3CCC3)[C@H](CO)O2)c1. The molecule has 3 rings (SSSR count). The molecule has 154 valence electrons. The van der Waals surface area contributed by atoms with Crippen LogP contribution in [0.4, 0.5) is 0 Å². The van der Waals surface area contributed by atoms with Gasteiger partial charge in [-0.1, -0.05) is 18.6 Å². The molecule has 0 bridgehead atoms. The molecular weight excluding hydrogens is 360 g/mol. The van der Waals surface area contributed by atoms with E-state index in [2.05, 4.69) is 10.6 Å². The van der Waals surface area contributed by atoms with Crippen molar-refractivity contribution >= 4 is 11.8 Å². The Morgan fingerprint density at radius 2 is 2.07 bits per heavy atom. The van der Waals surface area contributed by atoms with Gasteiger partial charge in [-0.3, -0.25) is 9.59 Å². The quantitative estimate of drug-likeness (QED) is 0.625. The molecular formula is C21H30N2O5. The number of nitrogens with one attached hydrogen (secondary N) is 2. The standard InChI is InChI=1S/C21H30N2O5/c1-27-16-7-2-4-14(10-16)12-22-20(25)11-17-8-9-18(19(13-24)28-17)23-21(26)15-5-3-6-15/h2,4,7,10,15,17-19,24H,3,5-6,8-9,11-13H2,1H3,(H,22,25)(H,23,26)/t17-,18+,19-/m0/s1. The van der Waals surface area contributed by atoms with Crippen molar-refractivity contribution in [2.45, 2.75) is 63.3 Å². The lowest BCUT2D eigenvalue weighted by atomic mass is 9.84. The average Bonchev–Trinajstić information content (AvgIpc) is 2.66. The third kappa shape index (κ3) is 5.45. The van der Waals surface area contributed by atoms with E-state index in [0.29, 0.717) is 19.4 Å². The van der Waals surface area contributed by atoms with Gasteiger partial charge in [-0.2, -0.15) is 0 Å². The van der Waals surface area contributed by atoms with E-state index in [1.165, 1.54) is 0 Å². The number of carbonyl (C=O) groups is 2. The van der Waals surface area contributed by atoms with Crippen molar-refractivity contribution < 1.29 is 24.2 Å². The van der Waals surface area contributed by atoms with Crippen LogP contribution in [0, 0.1) is 5.92 Å². The van der Waals surface area contributed by atoms with Crippen LogP contribution in [0.15, 0.2) is 24.3 Å². The molecule has 1 heterocycles. The molecule has 1 saturated heterocycles. The predicted octanol–water partition coefficient (Wildman–Crippen LogP) is 1.53. The van der Waals surface area contributed by atoms with Crippen LogP contribution >= 0.6 is 0 Å². The maximum atomic E-state index is 12.3. The van der Waals surface area contributed by atoms with E-state index in [1.54, 1.807) is 7.11 Å². The van der Waals surface area contributed by atoms with Crippen LogP contribution in [-0.2, 0) is 20.9 Å². The molecule has 7 heteroatoms. The fraction of sp³-hybridized carbons (Fsp3) is 0.619. The van der Waals surface area contributed by atoms with Gasteiger partial charge >= 0.3 is 0 Å². The van der Waals surface area contributed by atoms with Crippen LogP contribution in [0.3, 0.4) is 0 Å². The smallest absolute Gasteiger partial charge is 0.223 e. The van der Waals surface area contributed by atoms with Crippen molar-refractivity contribution in [3.8, 4) is 5.75 Å². The zero-order chi connectivity index (χ0) is 19.9. The van der Waals surface area contributed by atoms with E-state index >= 15 is 0 Å². The molecule has 1 aliphatic heterocycles. The maximum Gasteiger partial charge on any atom is 0.223 e. The van der Waals surface area contributed by atoms with Crippen LogP contribution in [-0.4, -0.2) is 48.9 Å². The van der Waals surface area contributed by atoms with Crippen LogP contribution in [0.2, 0.25) is 0 Å². The van der Waals surface area contributed by atoms with E-state index in [9.17, 15) is 14.7 Å². The molecule has 1 aliphatic carbocycles. The van der Waals surface area contributed by atoms with Crippen LogP contribution in [0.25, 0.3) is 0 Å². The third-order valence-corrected chi connectivity index (χ3v) is 5.64. The average molecular weight is 390 g/mol. The highest BCUT2D eigenvalue weighted by Crippen LogP contribution is 2.28. The fourth-order valence-electron chi connectivity index (χ4n) is 3.68. The highest BCUT2D eigenvalue weighted by Gasteiger charge is 2.35. The van der Waals surface area contributed by atoms with Gasteiger partial charge < -0.3 is 25.2 Å². The second-order valence-electron chi connectivity index (χ2n) is 7.63. The first-order chi connectivity index (χ1) is 13.6. The van der Waals surface area contributed by atoms with Gasteiger partial charge in [0.15, 0.2) is 0 Å². The number of amides is 2. The number of hydrogen-bond donors (Lipinski definition) is 3. The summed E-state index contributed by atoms with van der Waals surface area (Å²) in [6, 6.07) is 7.37. The van der Waals surface area contributed by atoms with E-state index < -0.39 is 6.10 Å². The van der Waals surface area contributed by atoms with Crippen molar-refractivity contribution in [1.82, 2.24) is 10.6 Å². The lowest BCUT2D eigenvalue weighted by Gasteiger charge is -2.37. The summed E-state index contributed by atoms with van der Waals surface area (Å²) < 4.78 is 11.1. The summed E-state index contributed by atoms with van der Waals surface area (Å²) in [4.78, 5) is 24.4.